The summed E-state index contributed by atoms with van der Waals surface area (Å²) in [5, 5.41) is 0. The maximum atomic E-state index is 13.0. The molecule has 10 nitrogen and oxygen atoms in total. The molecule has 0 N–H and O–H groups in total. The van der Waals surface area contributed by atoms with Gasteiger partial charge in [0.25, 0.3) is 0 Å². The highest BCUT2D eigenvalue weighted by atomic mass is 16.5. The summed E-state index contributed by atoms with van der Waals surface area (Å²) in [7, 11) is 3.09. The summed E-state index contributed by atoms with van der Waals surface area (Å²) in [5.74, 6) is -1.05. The number of benzene rings is 2. The second kappa shape index (κ2) is 9.42. The van der Waals surface area contributed by atoms with Crippen LogP contribution in [0.2, 0.25) is 0 Å². The minimum Gasteiger partial charge on any atom is -0.493 e. The lowest BCUT2D eigenvalue weighted by Gasteiger charge is -2.30. The Kier molecular flexibility index (Phi) is 6.40. The van der Waals surface area contributed by atoms with Gasteiger partial charge in [0.05, 0.1) is 26.5 Å². The minimum atomic E-state index is -1.05. The molecule has 2 aliphatic heterocycles. The number of hydrogen-bond donors (Lipinski definition) is 0. The van der Waals surface area contributed by atoms with Gasteiger partial charge < -0.3 is 19.1 Å². The highest BCUT2D eigenvalue weighted by Gasteiger charge is 2.47. The van der Waals surface area contributed by atoms with Crippen LogP contribution in [0, 0.1) is 0 Å². The van der Waals surface area contributed by atoms with Gasteiger partial charge in [-0.15, -0.1) is 0 Å². The summed E-state index contributed by atoms with van der Waals surface area (Å²) in [6, 6.07) is 9.27. The molecule has 178 valence electrons. The molecule has 0 radical (unpaired) electrons. The van der Waals surface area contributed by atoms with Crippen LogP contribution in [-0.2, 0) is 27.3 Å². The Morgan fingerprint density at radius 3 is 2.29 bits per heavy atom. The first-order valence-electron chi connectivity index (χ1n) is 10.8. The molecular weight excluding hydrogens is 442 g/mol. The molecule has 2 aromatic rings. The van der Waals surface area contributed by atoms with Gasteiger partial charge in [-0.25, -0.2) is 14.6 Å². The lowest BCUT2D eigenvalue weighted by Crippen LogP contribution is -2.45. The van der Waals surface area contributed by atoms with Crippen molar-refractivity contribution in [2.24, 2.45) is 0 Å². The van der Waals surface area contributed by atoms with Crippen molar-refractivity contribution in [1.29, 1.82) is 0 Å². The fourth-order valence-corrected chi connectivity index (χ4v) is 4.11. The van der Waals surface area contributed by atoms with Crippen molar-refractivity contribution in [2.45, 2.75) is 19.9 Å². The topological polar surface area (TPSA) is 106 Å². The third-order valence-corrected chi connectivity index (χ3v) is 5.82. The van der Waals surface area contributed by atoms with E-state index in [0.29, 0.717) is 41.7 Å². The van der Waals surface area contributed by atoms with E-state index in [9.17, 15) is 19.2 Å². The number of ether oxygens (including phenoxy) is 3. The van der Waals surface area contributed by atoms with E-state index in [1.54, 1.807) is 37.1 Å². The van der Waals surface area contributed by atoms with Gasteiger partial charge in [0, 0.05) is 13.1 Å². The lowest BCUT2D eigenvalue weighted by atomic mass is 9.98. The smallest absolute Gasteiger partial charge is 0.339 e. The van der Waals surface area contributed by atoms with Crippen molar-refractivity contribution in [2.75, 3.05) is 38.8 Å². The maximum absolute atomic E-state index is 13.0. The number of imide groups is 2. The van der Waals surface area contributed by atoms with Gasteiger partial charge in [-0.3, -0.25) is 14.4 Å². The first-order chi connectivity index (χ1) is 16.4. The normalized spacial score (nSPS) is 15.5. The number of rotatable bonds is 7. The second-order valence-electron chi connectivity index (χ2n) is 7.76. The van der Waals surface area contributed by atoms with Gasteiger partial charge >= 0.3 is 17.8 Å². The van der Waals surface area contributed by atoms with E-state index in [1.165, 1.54) is 13.2 Å². The Hall–Kier alpha value is -4.08. The second-order valence-corrected chi connectivity index (χ2v) is 7.76. The standard InChI is InChI=1S/C24H25N3O7/c1-4-34-18-8-6-5-7-17(18)27-23(30)22(29)26(24(27)31)14-21(28)25-10-9-15-11-19(32-2)20(33-3)12-16(15)13-25/h5-8,11-12H,4,9-10,13-14H2,1-3H3. The van der Waals surface area contributed by atoms with Crippen molar-refractivity contribution in [1.82, 2.24) is 9.80 Å². The van der Waals surface area contributed by atoms with Gasteiger partial charge in [0.1, 0.15) is 12.3 Å². The molecule has 1 saturated heterocycles. The molecule has 10 heteroatoms. The van der Waals surface area contributed by atoms with E-state index in [0.717, 1.165) is 16.0 Å². The highest BCUT2D eigenvalue weighted by Crippen LogP contribution is 2.34. The van der Waals surface area contributed by atoms with Crippen LogP contribution in [0.25, 0.3) is 0 Å². The van der Waals surface area contributed by atoms with Crippen LogP contribution in [-0.4, -0.2) is 67.5 Å². The Labute approximate surface area is 196 Å². The number of fused-ring (bicyclic) bond motifs is 1. The van der Waals surface area contributed by atoms with E-state index < -0.39 is 30.3 Å². The van der Waals surface area contributed by atoms with Crippen molar-refractivity contribution < 1.29 is 33.4 Å². The van der Waals surface area contributed by atoms with Gasteiger partial charge in [-0.1, -0.05) is 12.1 Å². The molecule has 5 amide bonds. The average Bonchev–Trinajstić information content (AvgIpc) is 3.06. The van der Waals surface area contributed by atoms with Crippen LogP contribution in [0.5, 0.6) is 17.2 Å². The zero-order valence-corrected chi connectivity index (χ0v) is 19.2. The van der Waals surface area contributed by atoms with Gasteiger partial charge in [-0.05, 0) is 48.7 Å². The number of anilines is 1. The minimum absolute atomic E-state index is 0.163. The largest absolute Gasteiger partial charge is 0.493 e. The number of amides is 5. The molecule has 1 fully saturated rings. The predicted molar refractivity (Wildman–Crippen MR) is 121 cm³/mol. The summed E-state index contributed by atoms with van der Waals surface area (Å²) < 4.78 is 16.2. The van der Waals surface area contributed by atoms with Gasteiger partial charge in [0.15, 0.2) is 11.5 Å². The number of methoxy groups -OCH3 is 2. The third-order valence-electron chi connectivity index (χ3n) is 5.82. The lowest BCUT2D eigenvalue weighted by molar-refractivity contribution is -0.142. The average molecular weight is 467 g/mol. The Morgan fingerprint density at radius 2 is 1.62 bits per heavy atom. The van der Waals surface area contributed by atoms with Crippen molar-refractivity contribution in [3.05, 3.63) is 47.5 Å². The van der Waals surface area contributed by atoms with Crippen LogP contribution < -0.4 is 19.1 Å². The highest BCUT2D eigenvalue weighted by molar-refractivity contribution is 6.53. The molecule has 2 heterocycles. The van der Waals surface area contributed by atoms with E-state index in [-0.39, 0.29) is 12.2 Å². The summed E-state index contributed by atoms with van der Waals surface area (Å²) in [4.78, 5) is 54.3. The molecule has 0 aliphatic carbocycles. The number of hydrogen-bond acceptors (Lipinski definition) is 7. The van der Waals surface area contributed by atoms with E-state index in [1.807, 2.05) is 12.1 Å². The SMILES string of the molecule is CCOc1ccccc1N1C(=O)C(=O)N(CC(=O)N2CCc3cc(OC)c(OC)cc3C2)C1=O. The van der Waals surface area contributed by atoms with Crippen molar-refractivity contribution in [3.63, 3.8) is 0 Å². The number of urea groups is 1. The third kappa shape index (κ3) is 4.02. The van der Waals surface area contributed by atoms with E-state index in [4.69, 9.17) is 14.2 Å². The molecule has 2 aliphatic rings. The summed E-state index contributed by atoms with van der Waals surface area (Å²) >= 11 is 0. The Balaban J connectivity index is 1.51. The predicted octanol–water partition coefficient (Wildman–Crippen LogP) is 1.98. The Morgan fingerprint density at radius 1 is 0.941 bits per heavy atom. The first kappa shape index (κ1) is 23.1. The first-order valence-corrected chi connectivity index (χ1v) is 10.8. The number of carbonyl (C=O) groups excluding carboxylic acids is 4. The molecule has 0 saturated carbocycles. The quantitative estimate of drug-likeness (QED) is 0.453. The van der Waals surface area contributed by atoms with Crippen LogP contribution in [0.3, 0.4) is 0 Å². The number of nitrogens with zero attached hydrogens (tertiary/aromatic N) is 3. The van der Waals surface area contributed by atoms with Crippen LogP contribution in [0.1, 0.15) is 18.1 Å². The fraction of sp³-hybridized carbons (Fsp3) is 0.333. The van der Waals surface area contributed by atoms with Crippen LogP contribution in [0.4, 0.5) is 10.5 Å². The maximum Gasteiger partial charge on any atom is 0.339 e. The van der Waals surface area contributed by atoms with Gasteiger partial charge in [0.2, 0.25) is 5.91 Å². The van der Waals surface area contributed by atoms with E-state index >= 15 is 0 Å². The molecule has 0 spiro atoms. The molecule has 0 bridgehead atoms. The molecule has 2 aromatic carbocycles. The molecule has 0 aromatic heterocycles. The summed E-state index contributed by atoms with van der Waals surface area (Å²) in [6.07, 6.45) is 0.579. The summed E-state index contributed by atoms with van der Waals surface area (Å²) in [5.41, 5.74) is 2.08. The van der Waals surface area contributed by atoms with Crippen molar-refractivity contribution >= 4 is 29.4 Å². The monoisotopic (exact) mass is 467 g/mol. The molecular formula is C24H25N3O7. The fourth-order valence-electron chi connectivity index (χ4n) is 4.11. The zero-order chi connectivity index (χ0) is 24.4. The molecule has 0 atom stereocenters. The van der Waals surface area contributed by atoms with E-state index in [2.05, 4.69) is 0 Å². The molecule has 0 unspecified atom stereocenters. The van der Waals surface area contributed by atoms with Gasteiger partial charge in [-0.2, -0.15) is 0 Å². The summed E-state index contributed by atoms with van der Waals surface area (Å²) in [6.45, 7) is 2.25. The van der Waals surface area contributed by atoms with Crippen molar-refractivity contribution in [3.8, 4) is 17.2 Å². The van der Waals surface area contributed by atoms with Crippen LogP contribution in [0.15, 0.2) is 36.4 Å². The zero-order valence-electron chi connectivity index (χ0n) is 19.2. The van der Waals surface area contributed by atoms with Crippen LogP contribution >= 0.6 is 0 Å². The molecule has 34 heavy (non-hydrogen) atoms. The molecule has 4 rings (SSSR count). The number of para-hydroxylation sites is 2. The number of carbonyl (C=O) groups is 4. The Bertz CT molecular complexity index is 1160.